The van der Waals surface area contributed by atoms with Gasteiger partial charge in [0.2, 0.25) is 11.8 Å². The number of alkyl halides is 3. The molecule has 134 valence electrons. The lowest BCUT2D eigenvalue weighted by atomic mass is 10.0. The molecule has 0 bridgehead atoms. The zero-order chi connectivity index (χ0) is 18.9. The van der Waals surface area contributed by atoms with Gasteiger partial charge in [0.1, 0.15) is 0 Å². The van der Waals surface area contributed by atoms with Crippen LogP contribution < -0.4 is 10.5 Å². The second kappa shape index (κ2) is 6.62. The molecule has 0 fully saturated rings. The fourth-order valence-electron chi connectivity index (χ4n) is 2.41. The third-order valence-corrected chi connectivity index (χ3v) is 3.86. The molecule has 26 heavy (non-hydrogen) atoms. The molecule has 8 heteroatoms. The molecule has 1 aromatic heterocycles. The van der Waals surface area contributed by atoms with Gasteiger partial charge in [-0.05, 0) is 42.3 Å². The highest BCUT2D eigenvalue weighted by molar-refractivity contribution is 5.95. The van der Waals surface area contributed by atoms with Gasteiger partial charge in [-0.1, -0.05) is 18.2 Å². The lowest BCUT2D eigenvalue weighted by molar-refractivity contribution is -0.189. The SMILES string of the molecule is C[C@H](Oc1nncc2cc(-c3cccc(C(N)=O)c3)ccc12)C(F)(F)F. The van der Waals surface area contributed by atoms with Gasteiger partial charge in [-0.2, -0.15) is 18.3 Å². The summed E-state index contributed by atoms with van der Waals surface area (Å²) in [6, 6.07) is 11.8. The molecule has 0 unspecified atom stereocenters. The van der Waals surface area contributed by atoms with Gasteiger partial charge in [-0.15, -0.1) is 5.10 Å². The average Bonchev–Trinajstić information content (AvgIpc) is 2.60. The molecule has 1 heterocycles. The van der Waals surface area contributed by atoms with Crippen LogP contribution in [0.15, 0.2) is 48.7 Å². The van der Waals surface area contributed by atoms with Gasteiger partial charge in [0.05, 0.1) is 6.20 Å². The number of nitrogens with two attached hydrogens (primary N) is 1. The van der Waals surface area contributed by atoms with Crippen molar-refractivity contribution >= 4 is 16.7 Å². The summed E-state index contributed by atoms with van der Waals surface area (Å²) in [5, 5.41) is 8.35. The number of carbonyl (C=O) groups excluding carboxylic acids is 1. The highest BCUT2D eigenvalue weighted by atomic mass is 19.4. The Morgan fingerprint density at radius 3 is 2.58 bits per heavy atom. The van der Waals surface area contributed by atoms with E-state index in [-0.39, 0.29) is 5.88 Å². The van der Waals surface area contributed by atoms with Crippen LogP contribution in [0.1, 0.15) is 17.3 Å². The Morgan fingerprint density at radius 2 is 1.88 bits per heavy atom. The first kappa shape index (κ1) is 17.7. The molecule has 0 aliphatic rings. The van der Waals surface area contributed by atoms with Gasteiger partial charge >= 0.3 is 6.18 Å². The van der Waals surface area contributed by atoms with Crippen molar-refractivity contribution in [1.82, 2.24) is 10.2 Å². The Hall–Kier alpha value is -3.16. The summed E-state index contributed by atoms with van der Waals surface area (Å²) in [4.78, 5) is 11.3. The quantitative estimate of drug-likeness (QED) is 0.768. The number of ether oxygens (including phenoxy) is 1. The van der Waals surface area contributed by atoms with Crippen molar-refractivity contribution in [2.75, 3.05) is 0 Å². The molecule has 0 aliphatic heterocycles. The molecule has 0 spiro atoms. The van der Waals surface area contributed by atoms with Crippen molar-refractivity contribution in [3.63, 3.8) is 0 Å². The number of rotatable bonds is 4. The van der Waals surface area contributed by atoms with Crippen LogP contribution in [-0.2, 0) is 0 Å². The minimum atomic E-state index is -4.50. The van der Waals surface area contributed by atoms with Crippen molar-refractivity contribution in [3.05, 3.63) is 54.2 Å². The van der Waals surface area contributed by atoms with Crippen LogP contribution >= 0.6 is 0 Å². The number of fused-ring (bicyclic) bond motifs is 1. The van der Waals surface area contributed by atoms with Crippen LogP contribution in [0.2, 0.25) is 0 Å². The fourth-order valence-corrected chi connectivity index (χ4v) is 2.41. The van der Waals surface area contributed by atoms with E-state index in [4.69, 9.17) is 10.5 Å². The van der Waals surface area contributed by atoms with Crippen LogP contribution in [0.5, 0.6) is 5.88 Å². The van der Waals surface area contributed by atoms with E-state index in [1.807, 2.05) is 0 Å². The molecule has 0 saturated carbocycles. The first-order chi connectivity index (χ1) is 12.3. The van der Waals surface area contributed by atoms with Crippen molar-refractivity contribution < 1.29 is 22.7 Å². The predicted molar refractivity (Wildman–Crippen MR) is 89.6 cm³/mol. The Bertz CT molecular complexity index is 973. The van der Waals surface area contributed by atoms with Crippen molar-refractivity contribution in [3.8, 4) is 17.0 Å². The number of hydrogen-bond acceptors (Lipinski definition) is 4. The summed E-state index contributed by atoms with van der Waals surface area (Å²) in [5.41, 5.74) is 7.14. The number of halogens is 3. The van der Waals surface area contributed by atoms with E-state index in [0.717, 1.165) is 18.1 Å². The molecule has 2 N–H and O–H groups in total. The highest BCUT2D eigenvalue weighted by Crippen LogP contribution is 2.31. The van der Waals surface area contributed by atoms with Crippen LogP contribution in [0, 0.1) is 0 Å². The smallest absolute Gasteiger partial charge is 0.425 e. The monoisotopic (exact) mass is 361 g/mol. The Balaban J connectivity index is 2.00. The van der Waals surface area contributed by atoms with Gasteiger partial charge < -0.3 is 10.5 Å². The maximum atomic E-state index is 12.7. The molecule has 1 atom stereocenters. The molecule has 2 aromatic carbocycles. The maximum absolute atomic E-state index is 12.7. The van der Waals surface area contributed by atoms with Crippen molar-refractivity contribution in [1.29, 1.82) is 0 Å². The van der Waals surface area contributed by atoms with Crippen LogP contribution in [0.3, 0.4) is 0 Å². The number of amides is 1. The van der Waals surface area contributed by atoms with E-state index in [1.54, 1.807) is 42.5 Å². The summed E-state index contributed by atoms with van der Waals surface area (Å²) < 4.78 is 43.1. The molecule has 0 saturated heterocycles. The molecule has 0 radical (unpaired) electrons. The maximum Gasteiger partial charge on any atom is 0.425 e. The Morgan fingerprint density at radius 1 is 1.15 bits per heavy atom. The van der Waals surface area contributed by atoms with E-state index in [1.165, 1.54) is 6.20 Å². The molecule has 1 amide bonds. The van der Waals surface area contributed by atoms with Gasteiger partial charge in [0.25, 0.3) is 0 Å². The summed E-state index contributed by atoms with van der Waals surface area (Å²) >= 11 is 0. The van der Waals surface area contributed by atoms with Crippen LogP contribution in [0.25, 0.3) is 21.9 Å². The zero-order valence-corrected chi connectivity index (χ0v) is 13.6. The van der Waals surface area contributed by atoms with Gasteiger partial charge in [0.15, 0.2) is 6.10 Å². The highest BCUT2D eigenvalue weighted by Gasteiger charge is 2.38. The summed E-state index contributed by atoms with van der Waals surface area (Å²) in [6.07, 6.45) is -5.07. The lowest BCUT2D eigenvalue weighted by Gasteiger charge is -2.17. The first-order valence-corrected chi connectivity index (χ1v) is 7.65. The molecule has 0 aliphatic carbocycles. The van der Waals surface area contributed by atoms with Gasteiger partial charge in [0, 0.05) is 16.3 Å². The minimum Gasteiger partial charge on any atom is -0.463 e. The third kappa shape index (κ3) is 3.58. The average molecular weight is 361 g/mol. The topological polar surface area (TPSA) is 78.1 Å². The Labute approximate surface area is 146 Å². The molecule has 3 rings (SSSR count). The summed E-state index contributed by atoms with van der Waals surface area (Å²) in [6.45, 7) is 0.907. The van der Waals surface area contributed by atoms with Crippen LogP contribution in [-0.4, -0.2) is 28.4 Å². The van der Waals surface area contributed by atoms with Gasteiger partial charge in [-0.3, -0.25) is 4.79 Å². The largest absolute Gasteiger partial charge is 0.463 e. The molecule has 5 nitrogen and oxygen atoms in total. The number of aromatic nitrogens is 2. The number of primary amides is 1. The Kier molecular flexibility index (Phi) is 4.50. The van der Waals surface area contributed by atoms with E-state index in [9.17, 15) is 18.0 Å². The minimum absolute atomic E-state index is 0.190. The van der Waals surface area contributed by atoms with Crippen molar-refractivity contribution in [2.45, 2.75) is 19.2 Å². The number of benzene rings is 2. The van der Waals surface area contributed by atoms with E-state index in [0.29, 0.717) is 16.3 Å². The standard InChI is InChI=1S/C18H14F3N3O2/c1-10(18(19,20)21)26-17-15-6-5-12(8-14(15)9-23-24-17)11-3-2-4-13(7-11)16(22)25/h2-10H,1H3,(H2,22,25)/t10-/m0/s1. The normalized spacial score (nSPS) is 12.8. The number of hydrogen-bond donors (Lipinski definition) is 1. The van der Waals surface area contributed by atoms with Crippen LogP contribution in [0.4, 0.5) is 13.2 Å². The van der Waals surface area contributed by atoms with Gasteiger partial charge in [-0.25, -0.2) is 0 Å². The number of nitrogens with zero attached hydrogens (tertiary/aromatic N) is 2. The number of carbonyl (C=O) groups is 1. The van der Waals surface area contributed by atoms with E-state index in [2.05, 4.69) is 10.2 Å². The second-order valence-corrected chi connectivity index (χ2v) is 5.70. The molecular formula is C18H14F3N3O2. The van der Waals surface area contributed by atoms with E-state index >= 15 is 0 Å². The predicted octanol–water partition coefficient (Wildman–Crippen LogP) is 3.73. The van der Waals surface area contributed by atoms with E-state index < -0.39 is 18.2 Å². The molecular weight excluding hydrogens is 347 g/mol. The fraction of sp³-hybridized carbons (Fsp3) is 0.167. The molecule has 3 aromatic rings. The zero-order valence-electron chi connectivity index (χ0n) is 13.6. The summed E-state index contributed by atoms with van der Waals surface area (Å²) in [7, 11) is 0. The van der Waals surface area contributed by atoms with Crippen molar-refractivity contribution in [2.24, 2.45) is 5.73 Å². The lowest BCUT2D eigenvalue weighted by Crippen LogP contribution is -2.31. The first-order valence-electron chi connectivity index (χ1n) is 7.65. The second-order valence-electron chi connectivity index (χ2n) is 5.70. The third-order valence-electron chi connectivity index (χ3n) is 3.86. The summed E-state index contributed by atoms with van der Waals surface area (Å²) in [5.74, 6) is -0.736.